The molecule has 0 radical (unpaired) electrons. The molecule has 0 amide bonds. The Bertz CT molecular complexity index is 577. The minimum atomic E-state index is -1.25. The molecule has 0 aliphatic carbocycles. The third kappa shape index (κ3) is 3.12. The molecule has 1 atom stereocenters. The second-order valence-electron chi connectivity index (χ2n) is 4.23. The van der Waals surface area contributed by atoms with Gasteiger partial charge in [-0.3, -0.25) is 0 Å². The number of carbonyl (C=O) groups excluding carboxylic acids is 1. The molecule has 1 unspecified atom stereocenters. The van der Waals surface area contributed by atoms with Gasteiger partial charge < -0.3 is 9.15 Å². The molecule has 0 spiro atoms. The van der Waals surface area contributed by atoms with Gasteiger partial charge in [0, 0.05) is 12.0 Å². The Labute approximate surface area is 116 Å². The average Bonchev–Trinajstić information content (AvgIpc) is 2.89. The number of furan rings is 1. The fourth-order valence-corrected chi connectivity index (χ4v) is 1.97. The number of ether oxygens (including phenoxy) is 1. The van der Waals surface area contributed by atoms with E-state index in [0.717, 1.165) is 11.1 Å². The third-order valence-electron chi connectivity index (χ3n) is 2.88. The Balaban J connectivity index is 2.23. The number of rotatable bonds is 6. The van der Waals surface area contributed by atoms with E-state index >= 15 is 0 Å². The highest BCUT2D eigenvalue weighted by Crippen LogP contribution is 2.26. The lowest BCUT2D eigenvalue weighted by atomic mass is 10.0. The molecule has 20 heavy (non-hydrogen) atoms. The molecule has 1 aromatic carbocycles. The van der Waals surface area contributed by atoms with Crippen molar-refractivity contribution in [3.05, 3.63) is 64.5 Å². The van der Waals surface area contributed by atoms with E-state index in [9.17, 15) is 9.70 Å². The van der Waals surface area contributed by atoms with Crippen molar-refractivity contribution in [3.63, 3.8) is 0 Å². The van der Waals surface area contributed by atoms with Crippen LogP contribution in [0.5, 0.6) is 0 Å². The Morgan fingerprint density at radius 3 is 2.70 bits per heavy atom. The van der Waals surface area contributed by atoms with Gasteiger partial charge in [-0.25, -0.2) is 4.79 Å². The van der Waals surface area contributed by atoms with E-state index < -0.39 is 12.0 Å². The quantitative estimate of drug-likeness (QED) is 0.598. The fourth-order valence-electron chi connectivity index (χ4n) is 1.97. The summed E-state index contributed by atoms with van der Waals surface area (Å²) in [5, 5.41) is 2.83. The summed E-state index contributed by atoms with van der Waals surface area (Å²) in [6, 6.07) is 10.2. The van der Waals surface area contributed by atoms with E-state index in [1.54, 1.807) is 13.0 Å². The zero-order chi connectivity index (χ0) is 14.4. The number of carbonyl (C=O) groups is 1. The fraction of sp³-hybridized carbons (Fsp3) is 0.267. The zero-order valence-electron chi connectivity index (χ0n) is 11.1. The molecule has 0 saturated heterocycles. The van der Waals surface area contributed by atoms with Crippen molar-refractivity contribution in [3.8, 4) is 0 Å². The Morgan fingerprint density at radius 2 is 2.05 bits per heavy atom. The normalized spacial score (nSPS) is 11.8. The van der Waals surface area contributed by atoms with Crippen LogP contribution < -0.4 is 0 Å². The minimum absolute atomic E-state index is 0.194. The molecule has 2 rings (SSSR count). The van der Waals surface area contributed by atoms with Crippen molar-refractivity contribution < 1.29 is 13.9 Å². The number of nitroso groups, excluding NO2 is 1. The standard InChI is InChI=1S/C15H15NO4/c1-2-19-15(17)13(16-18)14-12(8-9-20-14)10-11-6-4-3-5-7-11/h3-9,13H,2,10H2,1H3. The van der Waals surface area contributed by atoms with Crippen molar-refractivity contribution in [2.45, 2.75) is 19.4 Å². The summed E-state index contributed by atoms with van der Waals surface area (Å²) in [5.41, 5.74) is 1.82. The number of hydrogen-bond acceptors (Lipinski definition) is 5. The summed E-state index contributed by atoms with van der Waals surface area (Å²) in [7, 11) is 0. The van der Waals surface area contributed by atoms with Gasteiger partial charge in [-0.05, 0) is 23.7 Å². The van der Waals surface area contributed by atoms with Crippen LogP contribution in [0, 0.1) is 4.91 Å². The number of esters is 1. The summed E-state index contributed by atoms with van der Waals surface area (Å²) in [4.78, 5) is 22.6. The first-order chi connectivity index (χ1) is 9.76. The number of hydrogen-bond donors (Lipinski definition) is 0. The maximum atomic E-state index is 11.7. The van der Waals surface area contributed by atoms with Gasteiger partial charge in [0.05, 0.1) is 12.9 Å². The van der Waals surface area contributed by atoms with Crippen LogP contribution >= 0.6 is 0 Å². The molecule has 0 fully saturated rings. The van der Waals surface area contributed by atoms with E-state index in [-0.39, 0.29) is 12.4 Å². The summed E-state index contributed by atoms with van der Waals surface area (Å²) in [6.45, 7) is 1.87. The number of benzene rings is 1. The van der Waals surface area contributed by atoms with E-state index in [1.165, 1.54) is 6.26 Å². The van der Waals surface area contributed by atoms with Crippen LogP contribution in [0.25, 0.3) is 0 Å². The first-order valence-corrected chi connectivity index (χ1v) is 6.35. The second kappa shape index (κ2) is 6.65. The van der Waals surface area contributed by atoms with Gasteiger partial charge in [-0.2, -0.15) is 0 Å². The molecular formula is C15H15NO4. The smallest absolute Gasteiger partial charge is 0.342 e. The highest BCUT2D eigenvalue weighted by atomic mass is 16.5. The highest BCUT2D eigenvalue weighted by Gasteiger charge is 2.28. The largest absolute Gasteiger partial charge is 0.466 e. The first-order valence-electron chi connectivity index (χ1n) is 6.35. The topological polar surface area (TPSA) is 68.9 Å². The molecule has 0 N–H and O–H groups in total. The Hall–Kier alpha value is -2.43. The minimum Gasteiger partial charge on any atom is -0.466 e. The maximum Gasteiger partial charge on any atom is 0.342 e. The molecule has 5 nitrogen and oxygen atoms in total. The maximum absolute atomic E-state index is 11.7. The highest BCUT2D eigenvalue weighted by molar-refractivity contribution is 5.77. The van der Waals surface area contributed by atoms with Crippen molar-refractivity contribution in [2.75, 3.05) is 6.61 Å². The van der Waals surface area contributed by atoms with Crippen LogP contribution in [0.15, 0.2) is 52.3 Å². The Kier molecular flexibility index (Phi) is 4.65. The van der Waals surface area contributed by atoms with Crippen molar-refractivity contribution in [1.29, 1.82) is 0 Å². The van der Waals surface area contributed by atoms with Crippen LogP contribution in [-0.4, -0.2) is 12.6 Å². The zero-order valence-corrected chi connectivity index (χ0v) is 11.1. The lowest BCUT2D eigenvalue weighted by Gasteiger charge is -2.08. The summed E-state index contributed by atoms with van der Waals surface area (Å²) in [6.07, 6.45) is 2.02. The van der Waals surface area contributed by atoms with Gasteiger partial charge in [0.1, 0.15) is 5.76 Å². The van der Waals surface area contributed by atoms with Crippen molar-refractivity contribution >= 4 is 5.97 Å². The van der Waals surface area contributed by atoms with Crippen LogP contribution in [-0.2, 0) is 16.0 Å². The molecule has 1 heterocycles. The monoisotopic (exact) mass is 273 g/mol. The van der Waals surface area contributed by atoms with E-state index in [2.05, 4.69) is 5.18 Å². The summed E-state index contributed by atoms with van der Waals surface area (Å²) >= 11 is 0. The van der Waals surface area contributed by atoms with Crippen LogP contribution in [0.3, 0.4) is 0 Å². The molecule has 104 valence electrons. The van der Waals surface area contributed by atoms with Crippen LogP contribution in [0.4, 0.5) is 0 Å². The predicted molar refractivity (Wildman–Crippen MR) is 73.1 cm³/mol. The molecule has 1 aromatic heterocycles. The third-order valence-corrected chi connectivity index (χ3v) is 2.88. The molecule has 0 bridgehead atoms. The molecule has 5 heteroatoms. The number of nitrogens with zero attached hydrogens (tertiary/aromatic N) is 1. The second-order valence-corrected chi connectivity index (χ2v) is 4.23. The van der Waals surface area contributed by atoms with E-state index in [1.807, 2.05) is 30.3 Å². The van der Waals surface area contributed by atoms with Gasteiger partial charge in [-0.1, -0.05) is 30.3 Å². The average molecular weight is 273 g/mol. The van der Waals surface area contributed by atoms with Crippen LogP contribution in [0.1, 0.15) is 29.9 Å². The summed E-state index contributed by atoms with van der Waals surface area (Å²) in [5.74, 6) is -0.436. The van der Waals surface area contributed by atoms with Crippen LogP contribution in [0.2, 0.25) is 0 Å². The first kappa shape index (κ1) is 14.0. The molecular weight excluding hydrogens is 258 g/mol. The molecule has 0 saturated carbocycles. The van der Waals surface area contributed by atoms with Crippen molar-refractivity contribution in [1.82, 2.24) is 0 Å². The van der Waals surface area contributed by atoms with Gasteiger partial charge in [0.15, 0.2) is 0 Å². The molecule has 0 aliphatic rings. The lowest BCUT2D eigenvalue weighted by Crippen LogP contribution is -2.14. The molecule has 2 aromatic rings. The Morgan fingerprint density at radius 1 is 1.30 bits per heavy atom. The van der Waals surface area contributed by atoms with Gasteiger partial charge in [0.2, 0.25) is 6.04 Å². The lowest BCUT2D eigenvalue weighted by molar-refractivity contribution is -0.145. The van der Waals surface area contributed by atoms with Crippen molar-refractivity contribution in [2.24, 2.45) is 5.18 Å². The van der Waals surface area contributed by atoms with Gasteiger partial charge in [0.25, 0.3) is 0 Å². The predicted octanol–water partition coefficient (Wildman–Crippen LogP) is 3.24. The SMILES string of the molecule is CCOC(=O)C(N=O)c1occc1Cc1ccccc1. The van der Waals surface area contributed by atoms with E-state index in [4.69, 9.17) is 9.15 Å². The summed E-state index contributed by atoms with van der Waals surface area (Å²) < 4.78 is 10.1. The molecule has 0 aliphatic heterocycles. The van der Waals surface area contributed by atoms with Gasteiger partial charge in [-0.15, -0.1) is 4.91 Å². The van der Waals surface area contributed by atoms with E-state index in [0.29, 0.717) is 6.42 Å². The van der Waals surface area contributed by atoms with Gasteiger partial charge >= 0.3 is 5.97 Å².